The fourth-order valence-electron chi connectivity index (χ4n) is 2.08. The van der Waals surface area contributed by atoms with Crippen LogP contribution in [0.15, 0.2) is 18.2 Å². The summed E-state index contributed by atoms with van der Waals surface area (Å²) in [5.74, 6) is -0.405. The van der Waals surface area contributed by atoms with Crippen LogP contribution in [0.5, 0.6) is 0 Å². The summed E-state index contributed by atoms with van der Waals surface area (Å²) in [5, 5.41) is 9.59. The van der Waals surface area contributed by atoms with Gasteiger partial charge in [-0.3, -0.25) is 4.79 Å². The third kappa shape index (κ3) is 2.34. The van der Waals surface area contributed by atoms with Crippen LogP contribution in [0.2, 0.25) is 5.02 Å². The molecule has 1 atom stereocenters. The number of primary amides is 1. The van der Waals surface area contributed by atoms with Crippen molar-refractivity contribution in [3.8, 4) is 6.07 Å². The number of hydrogen-bond donors (Lipinski definition) is 1. The van der Waals surface area contributed by atoms with E-state index >= 15 is 0 Å². The summed E-state index contributed by atoms with van der Waals surface area (Å²) in [4.78, 5) is 13.1. The molecule has 0 radical (unpaired) electrons. The number of rotatable bonds is 2. The first-order valence-corrected chi connectivity index (χ1v) is 5.73. The maximum absolute atomic E-state index is 11.1. The third-order valence-electron chi connectivity index (χ3n) is 3.01. The van der Waals surface area contributed by atoms with Crippen LogP contribution in [-0.4, -0.2) is 19.0 Å². The van der Waals surface area contributed by atoms with Gasteiger partial charge >= 0.3 is 0 Å². The van der Waals surface area contributed by atoms with Crippen LogP contribution in [0.25, 0.3) is 0 Å². The van der Waals surface area contributed by atoms with Gasteiger partial charge in [0.05, 0.1) is 17.2 Å². The molecule has 1 aliphatic rings. The van der Waals surface area contributed by atoms with Crippen molar-refractivity contribution >= 4 is 23.2 Å². The second-order valence-electron chi connectivity index (χ2n) is 4.11. The van der Waals surface area contributed by atoms with Gasteiger partial charge in [-0.1, -0.05) is 11.6 Å². The Morgan fingerprint density at radius 2 is 2.35 bits per heavy atom. The Hall–Kier alpha value is -1.73. The molecule has 0 spiro atoms. The second kappa shape index (κ2) is 4.64. The third-order valence-corrected chi connectivity index (χ3v) is 3.25. The van der Waals surface area contributed by atoms with E-state index in [1.165, 1.54) is 0 Å². The molecule has 0 aliphatic carbocycles. The smallest absolute Gasteiger partial charge is 0.222 e. The molecule has 2 rings (SSSR count). The van der Waals surface area contributed by atoms with Crippen LogP contribution in [0.3, 0.4) is 0 Å². The zero-order valence-corrected chi connectivity index (χ0v) is 9.94. The number of carbonyl (C=O) groups is 1. The Bertz CT molecular complexity index is 495. The highest BCUT2D eigenvalue weighted by Gasteiger charge is 2.27. The molecule has 88 valence electrons. The average molecular weight is 250 g/mol. The lowest BCUT2D eigenvalue weighted by Gasteiger charge is -2.19. The van der Waals surface area contributed by atoms with E-state index < -0.39 is 0 Å². The number of nitrogens with two attached hydrogens (primary N) is 1. The normalized spacial score (nSPS) is 19.1. The zero-order chi connectivity index (χ0) is 12.4. The van der Waals surface area contributed by atoms with E-state index in [2.05, 4.69) is 6.07 Å². The number of nitrogens with zero attached hydrogens (tertiary/aromatic N) is 2. The molecule has 2 N–H and O–H groups in total. The van der Waals surface area contributed by atoms with E-state index in [1.807, 2.05) is 11.0 Å². The van der Waals surface area contributed by atoms with Gasteiger partial charge in [-0.2, -0.15) is 5.26 Å². The van der Waals surface area contributed by atoms with E-state index in [-0.39, 0.29) is 11.8 Å². The molecular formula is C12H12ClN3O. The van der Waals surface area contributed by atoms with Crippen molar-refractivity contribution in [2.24, 2.45) is 11.7 Å². The van der Waals surface area contributed by atoms with Gasteiger partial charge in [0.1, 0.15) is 6.07 Å². The van der Waals surface area contributed by atoms with Gasteiger partial charge in [0.15, 0.2) is 0 Å². The highest BCUT2D eigenvalue weighted by atomic mass is 35.5. The summed E-state index contributed by atoms with van der Waals surface area (Å²) in [7, 11) is 0. The van der Waals surface area contributed by atoms with Crippen LogP contribution < -0.4 is 10.6 Å². The molecule has 0 bridgehead atoms. The quantitative estimate of drug-likeness (QED) is 0.864. The van der Waals surface area contributed by atoms with Gasteiger partial charge in [-0.15, -0.1) is 0 Å². The molecular weight excluding hydrogens is 238 g/mol. The van der Waals surface area contributed by atoms with E-state index in [0.29, 0.717) is 17.1 Å². The van der Waals surface area contributed by atoms with Crippen molar-refractivity contribution in [2.75, 3.05) is 18.0 Å². The van der Waals surface area contributed by atoms with Gasteiger partial charge < -0.3 is 10.6 Å². The molecule has 1 aromatic carbocycles. The Balaban J connectivity index is 2.25. The molecule has 1 amide bonds. The van der Waals surface area contributed by atoms with Crippen molar-refractivity contribution in [1.82, 2.24) is 0 Å². The zero-order valence-electron chi connectivity index (χ0n) is 9.19. The number of benzene rings is 1. The minimum absolute atomic E-state index is 0.128. The predicted molar refractivity (Wildman–Crippen MR) is 65.7 cm³/mol. The summed E-state index contributed by atoms with van der Waals surface area (Å²) < 4.78 is 0. The monoisotopic (exact) mass is 249 g/mol. The van der Waals surface area contributed by atoms with Crippen molar-refractivity contribution in [3.63, 3.8) is 0 Å². The maximum atomic E-state index is 11.1. The standard InChI is InChI=1S/C12H12ClN3O/c13-10-1-2-11(9(5-10)6-14)16-4-3-8(7-16)12(15)17/h1-2,5,8H,3-4,7H2,(H2,15,17)/t8-/m0/s1. The number of hydrogen-bond acceptors (Lipinski definition) is 3. The van der Waals surface area contributed by atoms with Crippen LogP contribution in [0, 0.1) is 17.2 Å². The maximum Gasteiger partial charge on any atom is 0.222 e. The molecule has 0 aromatic heterocycles. The van der Waals surface area contributed by atoms with Gasteiger partial charge in [-0.05, 0) is 24.6 Å². The molecule has 17 heavy (non-hydrogen) atoms. The molecule has 1 aromatic rings. The van der Waals surface area contributed by atoms with Crippen molar-refractivity contribution in [3.05, 3.63) is 28.8 Å². The molecule has 0 saturated carbocycles. The first kappa shape index (κ1) is 11.7. The van der Waals surface area contributed by atoms with Crippen LogP contribution >= 0.6 is 11.6 Å². The molecule has 5 heteroatoms. The van der Waals surface area contributed by atoms with Gasteiger partial charge in [-0.25, -0.2) is 0 Å². The lowest BCUT2D eigenvalue weighted by atomic mass is 10.1. The minimum Gasteiger partial charge on any atom is -0.370 e. The summed E-state index contributed by atoms with van der Waals surface area (Å²) in [6, 6.07) is 7.30. The number of nitriles is 1. The van der Waals surface area contributed by atoms with Crippen LogP contribution in [0.1, 0.15) is 12.0 Å². The molecule has 1 saturated heterocycles. The summed E-state index contributed by atoms with van der Waals surface area (Å²) in [6.45, 7) is 1.32. The Labute approximate surface area is 105 Å². The molecule has 1 heterocycles. The summed E-state index contributed by atoms with van der Waals surface area (Å²) in [5.41, 5.74) is 6.63. The number of halogens is 1. The largest absolute Gasteiger partial charge is 0.370 e. The highest BCUT2D eigenvalue weighted by molar-refractivity contribution is 6.30. The lowest BCUT2D eigenvalue weighted by Crippen LogP contribution is -2.27. The van der Waals surface area contributed by atoms with Crippen molar-refractivity contribution in [2.45, 2.75) is 6.42 Å². The molecule has 4 nitrogen and oxygen atoms in total. The topological polar surface area (TPSA) is 70.1 Å². The number of carbonyl (C=O) groups excluding carboxylic acids is 1. The van der Waals surface area contributed by atoms with Gasteiger partial charge in [0, 0.05) is 18.1 Å². The first-order chi connectivity index (χ1) is 8.11. The van der Waals surface area contributed by atoms with Crippen LogP contribution in [-0.2, 0) is 4.79 Å². The first-order valence-electron chi connectivity index (χ1n) is 5.35. The Morgan fingerprint density at radius 1 is 1.59 bits per heavy atom. The van der Waals surface area contributed by atoms with Gasteiger partial charge in [0.25, 0.3) is 0 Å². The molecule has 1 aliphatic heterocycles. The van der Waals surface area contributed by atoms with E-state index in [0.717, 1.165) is 18.7 Å². The van der Waals surface area contributed by atoms with E-state index in [1.54, 1.807) is 12.1 Å². The SMILES string of the molecule is N#Cc1cc(Cl)ccc1N1CC[C@H](C(N)=O)C1. The van der Waals surface area contributed by atoms with E-state index in [9.17, 15) is 4.79 Å². The fourth-order valence-corrected chi connectivity index (χ4v) is 2.26. The van der Waals surface area contributed by atoms with Crippen molar-refractivity contribution in [1.29, 1.82) is 5.26 Å². The Kier molecular flexibility index (Phi) is 3.21. The van der Waals surface area contributed by atoms with Crippen molar-refractivity contribution < 1.29 is 4.79 Å². The molecule has 0 unspecified atom stereocenters. The molecule has 1 fully saturated rings. The van der Waals surface area contributed by atoms with E-state index in [4.69, 9.17) is 22.6 Å². The Morgan fingerprint density at radius 3 is 2.94 bits per heavy atom. The number of amides is 1. The average Bonchev–Trinajstić information content (AvgIpc) is 2.78. The predicted octanol–water partition coefficient (Wildman–Crippen LogP) is 1.52. The lowest BCUT2D eigenvalue weighted by molar-refractivity contribution is -0.121. The minimum atomic E-state index is -0.278. The fraction of sp³-hybridized carbons (Fsp3) is 0.333. The highest BCUT2D eigenvalue weighted by Crippen LogP contribution is 2.28. The van der Waals surface area contributed by atoms with Gasteiger partial charge in [0.2, 0.25) is 5.91 Å². The second-order valence-corrected chi connectivity index (χ2v) is 4.54. The summed E-state index contributed by atoms with van der Waals surface area (Å²) in [6.07, 6.45) is 0.739. The van der Waals surface area contributed by atoms with Crippen LogP contribution in [0.4, 0.5) is 5.69 Å². The number of anilines is 1. The summed E-state index contributed by atoms with van der Waals surface area (Å²) >= 11 is 5.84.